The summed E-state index contributed by atoms with van der Waals surface area (Å²) in [6.07, 6.45) is 1.60. The van der Waals surface area contributed by atoms with Crippen LogP contribution in [0.4, 0.5) is 15.8 Å². The van der Waals surface area contributed by atoms with Gasteiger partial charge in [-0.1, -0.05) is 12.1 Å². The van der Waals surface area contributed by atoms with Crippen molar-refractivity contribution in [2.75, 3.05) is 10.0 Å². The summed E-state index contributed by atoms with van der Waals surface area (Å²) in [5, 5.41) is 2.55. The van der Waals surface area contributed by atoms with E-state index in [4.69, 9.17) is 0 Å². The zero-order chi connectivity index (χ0) is 21.9. The molecule has 0 saturated heterocycles. The van der Waals surface area contributed by atoms with E-state index in [1.165, 1.54) is 54.0 Å². The van der Waals surface area contributed by atoms with Crippen LogP contribution in [0, 0.1) is 12.7 Å². The fourth-order valence-corrected chi connectivity index (χ4v) is 3.94. The molecule has 156 valence electrons. The molecule has 0 aliphatic rings. The van der Waals surface area contributed by atoms with Gasteiger partial charge >= 0.3 is 0 Å². The molecule has 0 bridgehead atoms. The van der Waals surface area contributed by atoms with Crippen molar-refractivity contribution >= 4 is 27.3 Å². The maximum atomic E-state index is 13.1. The molecule has 0 unspecified atom stereocenters. The molecular weight excluding hydrogens is 409 g/mol. The number of nitrogens with one attached hydrogen (secondary N) is 2. The number of hydrogen-bond acceptors (Lipinski definition) is 4. The lowest BCUT2D eigenvalue weighted by atomic mass is 10.2. The Bertz CT molecular complexity index is 1230. The number of hydrogen-bond donors (Lipinski definition) is 2. The van der Waals surface area contributed by atoms with Crippen molar-refractivity contribution in [1.29, 1.82) is 0 Å². The van der Waals surface area contributed by atoms with Gasteiger partial charge in [0.15, 0.2) is 0 Å². The fraction of sp³-hybridized carbons (Fsp3) is 0.143. The Labute approximate surface area is 173 Å². The van der Waals surface area contributed by atoms with Gasteiger partial charge < -0.3 is 9.88 Å². The lowest BCUT2D eigenvalue weighted by Gasteiger charge is -2.13. The summed E-state index contributed by atoms with van der Waals surface area (Å²) in [7, 11) is -4.02. The van der Waals surface area contributed by atoms with Gasteiger partial charge in [0.2, 0.25) is 5.91 Å². The summed E-state index contributed by atoms with van der Waals surface area (Å²) in [4.78, 5) is 23.8. The molecule has 9 heteroatoms. The molecular formula is C21H20FN3O4S. The van der Waals surface area contributed by atoms with Crippen LogP contribution in [0.2, 0.25) is 0 Å². The average Bonchev–Trinajstić information content (AvgIpc) is 2.67. The molecule has 3 rings (SSSR count). The van der Waals surface area contributed by atoms with Crippen LogP contribution in [0.3, 0.4) is 0 Å². The van der Waals surface area contributed by atoms with Crippen molar-refractivity contribution in [3.05, 3.63) is 88.1 Å². The number of rotatable bonds is 6. The predicted molar refractivity (Wildman–Crippen MR) is 112 cm³/mol. The zero-order valence-corrected chi connectivity index (χ0v) is 17.2. The minimum Gasteiger partial charge on any atom is -0.326 e. The van der Waals surface area contributed by atoms with E-state index in [2.05, 4.69) is 10.0 Å². The summed E-state index contributed by atoms with van der Waals surface area (Å²) >= 11 is 0. The van der Waals surface area contributed by atoms with E-state index in [1.54, 1.807) is 25.3 Å². The molecule has 7 nitrogen and oxygen atoms in total. The van der Waals surface area contributed by atoms with E-state index in [0.29, 0.717) is 16.8 Å². The first kappa shape index (κ1) is 21.3. The molecule has 1 heterocycles. The second-order valence-corrected chi connectivity index (χ2v) is 8.48. The van der Waals surface area contributed by atoms with Crippen molar-refractivity contribution in [1.82, 2.24) is 4.57 Å². The SMILES string of the molecule is CC(=O)Nc1ccc(S(=O)(=O)Nc2cc(C)cn(Cc3ccc(F)cc3)c2=O)cc1. The normalized spacial score (nSPS) is 11.2. The number of benzene rings is 2. The number of pyridine rings is 1. The molecule has 3 aromatic rings. The third-order valence-electron chi connectivity index (χ3n) is 4.22. The van der Waals surface area contributed by atoms with Gasteiger partial charge in [0.25, 0.3) is 15.6 Å². The summed E-state index contributed by atoms with van der Waals surface area (Å²) in [5.41, 5.74) is 1.21. The molecule has 0 radical (unpaired) electrons. The number of nitrogens with zero attached hydrogens (tertiary/aromatic N) is 1. The van der Waals surface area contributed by atoms with Gasteiger partial charge in [-0.3, -0.25) is 14.3 Å². The molecule has 2 aromatic carbocycles. The highest BCUT2D eigenvalue weighted by Crippen LogP contribution is 2.17. The van der Waals surface area contributed by atoms with Crippen LogP contribution in [0.15, 0.2) is 70.5 Å². The molecule has 1 amide bonds. The van der Waals surface area contributed by atoms with Crippen molar-refractivity contribution in [2.45, 2.75) is 25.3 Å². The fourth-order valence-electron chi connectivity index (χ4n) is 2.89. The average molecular weight is 429 g/mol. The first-order chi connectivity index (χ1) is 14.1. The Balaban J connectivity index is 1.88. The van der Waals surface area contributed by atoms with Crippen LogP contribution in [-0.2, 0) is 21.4 Å². The molecule has 0 aliphatic carbocycles. The van der Waals surface area contributed by atoms with E-state index in [1.807, 2.05) is 0 Å². The highest BCUT2D eigenvalue weighted by atomic mass is 32.2. The summed E-state index contributed by atoms with van der Waals surface area (Å²) in [6.45, 7) is 3.25. The minimum atomic E-state index is -4.02. The maximum Gasteiger partial charge on any atom is 0.275 e. The third-order valence-corrected chi connectivity index (χ3v) is 5.60. The highest BCUT2D eigenvalue weighted by Gasteiger charge is 2.17. The number of aryl methyl sites for hydroxylation is 1. The lowest BCUT2D eigenvalue weighted by Crippen LogP contribution is -2.26. The molecule has 0 spiro atoms. The molecule has 0 atom stereocenters. The number of aromatic nitrogens is 1. The topological polar surface area (TPSA) is 97.3 Å². The molecule has 0 saturated carbocycles. The largest absolute Gasteiger partial charge is 0.326 e. The molecule has 30 heavy (non-hydrogen) atoms. The van der Waals surface area contributed by atoms with E-state index < -0.39 is 15.6 Å². The van der Waals surface area contributed by atoms with E-state index >= 15 is 0 Å². The second-order valence-electron chi connectivity index (χ2n) is 6.80. The van der Waals surface area contributed by atoms with Crippen LogP contribution < -0.4 is 15.6 Å². The summed E-state index contributed by atoms with van der Waals surface area (Å²) in [6, 6.07) is 12.7. The van der Waals surface area contributed by atoms with Gasteiger partial charge in [0.1, 0.15) is 11.5 Å². The third kappa shape index (κ3) is 5.12. The Morgan fingerprint density at radius 2 is 1.70 bits per heavy atom. The van der Waals surface area contributed by atoms with E-state index in [-0.39, 0.29) is 28.9 Å². The smallest absolute Gasteiger partial charge is 0.275 e. The predicted octanol–water partition coefficient (Wildman–Crippen LogP) is 3.10. The van der Waals surface area contributed by atoms with Crippen molar-refractivity contribution in [2.24, 2.45) is 0 Å². The van der Waals surface area contributed by atoms with Gasteiger partial charge in [0, 0.05) is 18.8 Å². The van der Waals surface area contributed by atoms with Crippen LogP contribution in [0.1, 0.15) is 18.1 Å². The standard InChI is InChI=1S/C21H20FN3O4S/c1-14-11-20(21(27)25(12-14)13-16-3-5-17(22)6-4-16)24-30(28,29)19-9-7-18(8-10-19)23-15(2)26/h3-12,24H,13H2,1-2H3,(H,23,26). The van der Waals surface area contributed by atoms with Gasteiger partial charge in [-0.25, -0.2) is 12.8 Å². The number of carbonyl (C=O) groups excluding carboxylic acids is 1. The summed E-state index contributed by atoms with van der Waals surface area (Å²) < 4.78 is 42.2. The van der Waals surface area contributed by atoms with Crippen LogP contribution in [-0.4, -0.2) is 18.9 Å². The van der Waals surface area contributed by atoms with Gasteiger partial charge in [-0.15, -0.1) is 0 Å². The van der Waals surface area contributed by atoms with Gasteiger partial charge in [-0.05, 0) is 60.5 Å². The number of carbonyl (C=O) groups is 1. The highest BCUT2D eigenvalue weighted by molar-refractivity contribution is 7.92. The quantitative estimate of drug-likeness (QED) is 0.629. The van der Waals surface area contributed by atoms with Crippen molar-refractivity contribution < 1.29 is 17.6 Å². The molecule has 0 aliphatic heterocycles. The minimum absolute atomic E-state index is 0.0532. The van der Waals surface area contributed by atoms with Crippen LogP contribution in [0.5, 0.6) is 0 Å². The van der Waals surface area contributed by atoms with Gasteiger partial charge in [0.05, 0.1) is 11.4 Å². The number of amides is 1. The monoisotopic (exact) mass is 429 g/mol. The van der Waals surface area contributed by atoms with Crippen LogP contribution >= 0.6 is 0 Å². The maximum absolute atomic E-state index is 13.1. The molecule has 2 N–H and O–H groups in total. The Morgan fingerprint density at radius 1 is 1.07 bits per heavy atom. The van der Waals surface area contributed by atoms with Crippen LogP contribution in [0.25, 0.3) is 0 Å². The van der Waals surface area contributed by atoms with E-state index in [0.717, 1.165) is 0 Å². The molecule has 1 aromatic heterocycles. The zero-order valence-electron chi connectivity index (χ0n) is 16.3. The van der Waals surface area contributed by atoms with Crippen molar-refractivity contribution in [3.8, 4) is 0 Å². The Kier molecular flexibility index (Phi) is 6.02. The van der Waals surface area contributed by atoms with Gasteiger partial charge in [-0.2, -0.15) is 0 Å². The summed E-state index contributed by atoms with van der Waals surface area (Å²) in [5.74, 6) is -0.654. The Hall–Kier alpha value is -3.46. The second kappa shape index (κ2) is 8.50. The molecule has 0 fully saturated rings. The van der Waals surface area contributed by atoms with E-state index in [9.17, 15) is 22.4 Å². The van der Waals surface area contributed by atoms with Crippen molar-refractivity contribution in [3.63, 3.8) is 0 Å². The lowest BCUT2D eigenvalue weighted by molar-refractivity contribution is -0.114. The Morgan fingerprint density at radius 3 is 2.30 bits per heavy atom. The number of halogens is 1. The first-order valence-corrected chi connectivity index (χ1v) is 10.5. The first-order valence-electron chi connectivity index (χ1n) is 9.00. The number of sulfonamides is 1. The number of anilines is 2.